The van der Waals surface area contributed by atoms with E-state index in [-0.39, 0.29) is 12.1 Å². The van der Waals surface area contributed by atoms with Crippen LogP contribution in [0.2, 0.25) is 0 Å². The molecule has 0 atom stereocenters. The van der Waals surface area contributed by atoms with E-state index < -0.39 is 0 Å². The van der Waals surface area contributed by atoms with Crippen LogP contribution in [0, 0.1) is 0 Å². The molecule has 2 aromatic carbocycles. The van der Waals surface area contributed by atoms with E-state index in [1.807, 2.05) is 48.3 Å². The van der Waals surface area contributed by atoms with Gasteiger partial charge in [-0.3, -0.25) is 9.89 Å². The highest BCUT2D eigenvalue weighted by molar-refractivity contribution is 5.78. The third kappa shape index (κ3) is 5.55. The van der Waals surface area contributed by atoms with Crippen LogP contribution in [0.5, 0.6) is 0 Å². The van der Waals surface area contributed by atoms with Crippen LogP contribution < -0.4 is 0 Å². The maximum Gasteiger partial charge on any atom is 0.323 e. The van der Waals surface area contributed by atoms with Gasteiger partial charge >= 0.3 is 6.03 Å². The molecule has 2 aromatic rings. The lowest BCUT2D eigenvalue weighted by molar-refractivity contribution is 0.121. The van der Waals surface area contributed by atoms with Crippen molar-refractivity contribution >= 4 is 18.4 Å². The molecule has 1 aliphatic rings. The van der Waals surface area contributed by atoms with Crippen LogP contribution in [0.4, 0.5) is 4.79 Å². The quantitative estimate of drug-likeness (QED) is 0.689. The van der Waals surface area contributed by atoms with Crippen molar-refractivity contribution in [2.24, 2.45) is 4.99 Å². The normalized spacial score (nSPS) is 15.7. The molecule has 0 saturated carbocycles. The predicted molar refractivity (Wildman–Crippen MR) is 120 cm³/mol. The zero-order valence-corrected chi connectivity index (χ0v) is 17.4. The number of rotatable bonds is 6. The molecule has 1 aliphatic heterocycles. The molecule has 3 rings (SSSR count). The van der Waals surface area contributed by atoms with E-state index in [0.29, 0.717) is 5.70 Å². The molecule has 0 unspecified atom stereocenters. The van der Waals surface area contributed by atoms with Crippen molar-refractivity contribution in [1.82, 2.24) is 14.7 Å². The lowest BCUT2D eigenvalue weighted by atomic mass is 10.0. The fourth-order valence-electron chi connectivity index (χ4n) is 3.77. The Labute approximate surface area is 174 Å². The summed E-state index contributed by atoms with van der Waals surface area (Å²) in [4.78, 5) is 23.0. The summed E-state index contributed by atoms with van der Waals surface area (Å²) >= 11 is 0. The number of hydrogen-bond acceptors (Lipinski definition) is 3. The molecule has 0 bridgehead atoms. The van der Waals surface area contributed by atoms with Crippen molar-refractivity contribution in [3.63, 3.8) is 0 Å². The van der Waals surface area contributed by atoms with E-state index in [1.54, 1.807) is 18.1 Å². The van der Waals surface area contributed by atoms with Crippen LogP contribution in [0.3, 0.4) is 0 Å². The SMILES string of the molecule is C=N/C(=C\N(C)C(=O)N(C)C1CCN(Cc2ccccc2)CC1)c1ccccc1. The number of piperidine rings is 1. The smallest absolute Gasteiger partial charge is 0.323 e. The average Bonchev–Trinajstić information content (AvgIpc) is 2.78. The lowest BCUT2D eigenvalue weighted by Gasteiger charge is -2.37. The van der Waals surface area contributed by atoms with Gasteiger partial charge in [0.1, 0.15) is 0 Å². The topological polar surface area (TPSA) is 39.2 Å². The highest BCUT2D eigenvalue weighted by Gasteiger charge is 2.26. The zero-order valence-electron chi connectivity index (χ0n) is 17.4. The maximum atomic E-state index is 12.9. The van der Waals surface area contributed by atoms with Gasteiger partial charge in [-0.1, -0.05) is 60.7 Å². The third-order valence-corrected chi connectivity index (χ3v) is 5.51. The standard InChI is InChI=1S/C24H30N4O/c1-25-23(21-12-8-5-9-13-21)19-26(2)24(29)27(3)22-14-16-28(17-15-22)18-20-10-6-4-7-11-20/h4-13,19,22H,1,14-18H2,2-3H3/b23-19-. The van der Waals surface area contributed by atoms with Crippen molar-refractivity contribution in [3.8, 4) is 0 Å². The van der Waals surface area contributed by atoms with Gasteiger partial charge in [0.25, 0.3) is 0 Å². The second-order valence-corrected chi connectivity index (χ2v) is 7.54. The minimum absolute atomic E-state index is 0.0245. The number of aliphatic imine (C=N–C) groups is 1. The average molecular weight is 391 g/mol. The summed E-state index contributed by atoms with van der Waals surface area (Å²) in [6.45, 7) is 6.62. The van der Waals surface area contributed by atoms with Crippen molar-refractivity contribution in [1.29, 1.82) is 0 Å². The molecule has 1 heterocycles. The molecule has 1 fully saturated rings. The van der Waals surface area contributed by atoms with E-state index in [0.717, 1.165) is 38.0 Å². The number of carbonyl (C=O) groups is 1. The van der Waals surface area contributed by atoms with E-state index in [9.17, 15) is 4.79 Å². The second kappa shape index (κ2) is 10.0. The highest BCUT2D eigenvalue weighted by Crippen LogP contribution is 2.20. The van der Waals surface area contributed by atoms with Gasteiger partial charge < -0.3 is 9.80 Å². The number of urea groups is 1. The molecule has 5 nitrogen and oxygen atoms in total. The second-order valence-electron chi connectivity index (χ2n) is 7.54. The first-order valence-corrected chi connectivity index (χ1v) is 10.1. The minimum Gasteiger partial charge on any atom is -0.324 e. The molecule has 5 heteroatoms. The molecule has 0 spiro atoms. The monoisotopic (exact) mass is 390 g/mol. The molecule has 0 aliphatic carbocycles. The van der Waals surface area contributed by atoms with Gasteiger partial charge in [-0.15, -0.1) is 0 Å². The first-order chi connectivity index (χ1) is 14.1. The van der Waals surface area contributed by atoms with E-state index >= 15 is 0 Å². The summed E-state index contributed by atoms with van der Waals surface area (Å²) in [6.07, 6.45) is 3.72. The Kier molecular flexibility index (Phi) is 7.19. The summed E-state index contributed by atoms with van der Waals surface area (Å²) in [5.41, 5.74) is 2.97. The number of benzene rings is 2. The Hall–Kier alpha value is -2.92. The van der Waals surface area contributed by atoms with Gasteiger partial charge in [0.2, 0.25) is 0 Å². The Bertz CT molecular complexity index is 826. The summed E-state index contributed by atoms with van der Waals surface area (Å²) in [5.74, 6) is 0. The maximum absolute atomic E-state index is 12.9. The van der Waals surface area contributed by atoms with Gasteiger partial charge in [-0.25, -0.2) is 4.79 Å². The first-order valence-electron chi connectivity index (χ1n) is 10.1. The van der Waals surface area contributed by atoms with Crippen LogP contribution in [0.1, 0.15) is 24.0 Å². The molecule has 0 radical (unpaired) electrons. The fourth-order valence-corrected chi connectivity index (χ4v) is 3.77. The molecule has 0 N–H and O–H groups in total. The third-order valence-electron chi connectivity index (χ3n) is 5.51. The molecule has 2 amide bonds. The Morgan fingerprint density at radius 3 is 2.24 bits per heavy atom. The van der Waals surface area contributed by atoms with Gasteiger partial charge in [-0.2, -0.15) is 0 Å². The lowest BCUT2D eigenvalue weighted by Crippen LogP contribution is -2.48. The fraction of sp³-hybridized carbons (Fsp3) is 0.333. The van der Waals surface area contributed by atoms with Crippen LogP contribution in [0.25, 0.3) is 5.70 Å². The molecule has 29 heavy (non-hydrogen) atoms. The largest absolute Gasteiger partial charge is 0.324 e. The molecule has 152 valence electrons. The summed E-state index contributed by atoms with van der Waals surface area (Å²) in [7, 11) is 3.67. The number of nitrogens with zero attached hydrogens (tertiary/aromatic N) is 4. The van der Waals surface area contributed by atoms with Gasteiger partial charge in [-0.05, 0) is 25.1 Å². The van der Waals surface area contributed by atoms with Crippen LogP contribution in [-0.2, 0) is 6.54 Å². The Morgan fingerprint density at radius 2 is 1.66 bits per heavy atom. The summed E-state index contributed by atoms with van der Waals surface area (Å²) in [5, 5.41) is 0. The van der Waals surface area contributed by atoms with E-state index in [4.69, 9.17) is 0 Å². The van der Waals surface area contributed by atoms with E-state index in [2.05, 4.69) is 40.9 Å². The van der Waals surface area contributed by atoms with Crippen LogP contribution >= 0.6 is 0 Å². The Morgan fingerprint density at radius 1 is 1.07 bits per heavy atom. The van der Waals surface area contributed by atoms with Crippen molar-refractivity contribution in [2.45, 2.75) is 25.4 Å². The van der Waals surface area contributed by atoms with Crippen LogP contribution in [-0.4, -0.2) is 60.7 Å². The van der Waals surface area contributed by atoms with Gasteiger partial charge in [0, 0.05) is 51.5 Å². The summed E-state index contributed by atoms with van der Waals surface area (Å²) < 4.78 is 0. The number of amides is 2. The van der Waals surface area contributed by atoms with E-state index in [1.165, 1.54) is 5.56 Å². The van der Waals surface area contributed by atoms with Gasteiger partial charge in [0.05, 0.1) is 5.70 Å². The molecular formula is C24H30N4O. The molecule has 1 saturated heterocycles. The number of carbonyl (C=O) groups excluding carboxylic acids is 1. The van der Waals surface area contributed by atoms with Crippen molar-refractivity contribution in [2.75, 3.05) is 27.2 Å². The zero-order chi connectivity index (χ0) is 20.6. The molecular weight excluding hydrogens is 360 g/mol. The number of likely N-dealkylation sites (tertiary alicyclic amines) is 1. The first kappa shape index (κ1) is 20.8. The highest BCUT2D eigenvalue weighted by atomic mass is 16.2. The minimum atomic E-state index is -0.0245. The van der Waals surface area contributed by atoms with Crippen molar-refractivity contribution < 1.29 is 4.79 Å². The predicted octanol–water partition coefficient (Wildman–Crippen LogP) is 4.33. The Balaban J connectivity index is 1.56. The van der Waals surface area contributed by atoms with Gasteiger partial charge in [0.15, 0.2) is 0 Å². The van der Waals surface area contributed by atoms with Crippen LogP contribution in [0.15, 0.2) is 71.9 Å². The molecule has 0 aromatic heterocycles. The number of hydrogen-bond donors (Lipinski definition) is 0. The van der Waals surface area contributed by atoms with Crippen molar-refractivity contribution in [3.05, 3.63) is 78.0 Å². The summed E-state index contributed by atoms with van der Waals surface area (Å²) in [6, 6.07) is 20.6.